The van der Waals surface area contributed by atoms with E-state index in [0.29, 0.717) is 23.7 Å². The first-order valence-electron chi connectivity index (χ1n) is 9.35. The van der Waals surface area contributed by atoms with Crippen LogP contribution in [0, 0.1) is 0 Å². The minimum atomic E-state index is -3.46. The van der Waals surface area contributed by atoms with Crippen LogP contribution in [0.3, 0.4) is 0 Å². The van der Waals surface area contributed by atoms with Crippen molar-refractivity contribution in [1.82, 2.24) is 10.4 Å². The van der Waals surface area contributed by atoms with E-state index >= 15 is 0 Å². The Bertz CT molecular complexity index is 947. The van der Waals surface area contributed by atoms with Gasteiger partial charge in [-0.3, -0.25) is 10.2 Å². The summed E-state index contributed by atoms with van der Waals surface area (Å²) in [5.41, 5.74) is -1.52. The summed E-state index contributed by atoms with van der Waals surface area (Å²) in [6.45, 7) is 2.60. The van der Waals surface area contributed by atoms with Crippen molar-refractivity contribution in [3.63, 3.8) is 0 Å². The second kappa shape index (κ2) is 9.25. The Balaban J connectivity index is 1.67. The molecule has 1 atom stereocenters. The number of hydrazine groups is 1. The lowest BCUT2D eigenvalue weighted by Crippen LogP contribution is -2.55. The fraction of sp³-hybridized carbons (Fsp3) is 0.286. The summed E-state index contributed by atoms with van der Waals surface area (Å²) in [4.78, 5) is 12.6. The summed E-state index contributed by atoms with van der Waals surface area (Å²) in [6, 6.07) is 12.7. The molecule has 3 rings (SSSR count). The quantitative estimate of drug-likeness (QED) is 0.635. The Morgan fingerprint density at radius 2 is 1.68 bits per heavy atom. The zero-order chi connectivity index (χ0) is 22.6. The maximum absolute atomic E-state index is 13.3. The summed E-state index contributed by atoms with van der Waals surface area (Å²) >= 11 is 0. The molecule has 1 unspecified atom stereocenters. The molecule has 10 heteroatoms. The van der Waals surface area contributed by atoms with Crippen molar-refractivity contribution < 1.29 is 36.9 Å². The molecule has 2 N–H and O–H groups in total. The lowest BCUT2D eigenvalue weighted by atomic mass is 10.1. The van der Waals surface area contributed by atoms with Crippen molar-refractivity contribution in [3.05, 3.63) is 71.4 Å². The molecule has 2 aromatic rings. The molecule has 2 aromatic carbocycles. The van der Waals surface area contributed by atoms with E-state index in [1.54, 1.807) is 24.3 Å². The molecule has 0 aromatic heterocycles. The smallest absolute Gasteiger partial charge is 0.291 e. The molecule has 166 valence electrons. The number of ether oxygens (including phenoxy) is 2. The van der Waals surface area contributed by atoms with Crippen LogP contribution >= 0.6 is 0 Å². The Kier molecular flexibility index (Phi) is 6.69. The first-order chi connectivity index (χ1) is 14.7. The van der Waals surface area contributed by atoms with E-state index in [1.165, 1.54) is 24.3 Å². The second-order valence-corrected chi connectivity index (χ2v) is 6.74. The van der Waals surface area contributed by atoms with Crippen molar-refractivity contribution in [2.45, 2.75) is 32.1 Å². The predicted octanol–water partition coefficient (Wildman–Crippen LogP) is 4.08. The molecule has 1 aliphatic heterocycles. The lowest BCUT2D eigenvalue weighted by Gasteiger charge is -2.31. The third-order valence-electron chi connectivity index (χ3n) is 4.59. The van der Waals surface area contributed by atoms with E-state index < -0.39 is 36.3 Å². The molecule has 0 bridgehead atoms. The minimum absolute atomic E-state index is 0.0723. The molecule has 1 aliphatic rings. The Labute approximate surface area is 175 Å². The molecule has 31 heavy (non-hydrogen) atoms. The van der Waals surface area contributed by atoms with E-state index in [9.17, 15) is 27.5 Å². The number of hydrogen-bond donors (Lipinski definition) is 2. The van der Waals surface area contributed by atoms with Crippen molar-refractivity contribution >= 4 is 5.91 Å². The Hall–Kier alpha value is -3.27. The van der Waals surface area contributed by atoms with Gasteiger partial charge in [0, 0.05) is 5.56 Å². The summed E-state index contributed by atoms with van der Waals surface area (Å²) in [6.07, 6.45) is -6.84. The summed E-state index contributed by atoms with van der Waals surface area (Å²) < 4.78 is 63.2. The number of alkyl halides is 2. The molecule has 1 heterocycles. The SMILES string of the molecule is CCOc1ccc(OCc2ccc(C(=O)N3NC(=C(F)F)CC3(O)C(F)F)cc2)cc1. The third kappa shape index (κ3) is 4.91. The monoisotopic (exact) mass is 440 g/mol. The van der Waals surface area contributed by atoms with Crippen molar-refractivity contribution in [1.29, 1.82) is 0 Å². The fourth-order valence-corrected chi connectivity index (χ4v) is 2.96. The zero-order valence-corrected chi connectivity index (χ0v) is 16.4. The van der Waals surface area contributed by atoms with E-state index in [1.807, 2.05) is 12.3 Å². The van der Waals surface area contributed by atoms with Gasteiger partial charge in [0.2, 0.25) is 5.72 Å². The third-order valence-corrected chi connectivity index (χ3v) is 4.59. The second-order valence-electron chi connectivity index (χ2n) is 6.74. The van der Waals surface area contributed by atoms with Crippen LogP contribution in [0.25, 0.3) is 0 Å². The lowest BCUT2D eigenvalue weighted by molar-refractivity contribution is -0.168. The molecule has 0 aliphatic carbocycles. The normalized spacial score (nSPS) is 18.2. The largest absolute Gasteiger partial charge is 0.494 e. The van der Waals surface area contributed by atoms with Gasteiger partial charge in [0.1, 0.15) is 23.8 Å². The summed E-state index contributed by atoms with van der Waals surface area (Å²) in [5, 5.41) is 10.2. The van der Waals surface area contributed by atoms with Crippen LogP contribution in [0.5, 0.6) is 11.5 Å². The molecule has 1 fully saturated rings. The zero-order valence-electron chi connectivity index (χ0n) is 16.4. The number of nitrogens with one attached hydrogen (secondary N) is 1. The van der Waals surface area contributed by atoms with Crippen LogP contribution in [-0.2, 0) is 6.61 Å². The van der Waals surface area contributed by atoms with Gasteiger partial charge in [0.05, 0.1) is 13.0 Å². The van der Waals surface area contributed by atoms with Crippen LogP contribution < -0.4 is 14.9 Å². The van der Waals surface area contributed by atoms with Gasteiger partial charge in [0.15, 0.2) is 0 Å². The van der Waals surface area contributed by atoms with E-state index in [2.05, 4.69) is 0 Å². The molecule has 6 nitrogen and oxygen atoms in total. The van der Waals surface area contributed by atoms with Gasteiger partial charge in [-0.1, -0.05) is 12.1 Å². The van der Waals surface area contributed by atoms with E-state index in [-0.39, 0.29) is 17.2 Å². The highest BCUT2D eigenvalue weighted by Crippen LogP contribution is 2.35. The number of rotatable bonds is 7. The molecular formula is C21H20F4N2O4. The number of carbonyl (C=O) groups excluding carboxylic acids is 1. The van der Waals surface area contributed by atoms with Crippen LogP contribution in [-0.4, -0.2) is 34.8 Å². The maximum Gasteiger partial charge on any atom is 0.291 e. The van der Waals surface area contributed by atoms with Gasteiger partial charge in [-0.2, -0.15) is 8.78 Å². The van der Waals surface area contributed by atoms with Gasteiger partial charge in [0.25, 0.3) is 18.4 Å². The molecule has 0 saturated carbocycles. The number of aliphatic hydroxyl groups is 1. The van der Waals surface area contributed by atoms with Crippen LogP contribution in [0.1, 0.15) is 29.3 Å². The van der Waals surface area contributed by atoms with Gasteiger partial charge < -0.3 is 14.6 Å². The number of benzene rings is 2. The number of halogens is 4. The summed E-state index contributed by atoms with van der Waals surface area (Å²) in [7, 11) is 0. The molecular weight excluding hydrogens is 420 g/mol. The van der Waals surface area contributed by atoms with Crippen LogP contribution in [0.4, 0.5) is 17.6 Å². The summed E-state index contributed by atoms with van der Waals surface area (Å²) in [5.74, 6) is 0.236. The average molecular weight is 440 g/mol. The topological polar surface area (TPSA) is 71.0 Å². The molecule has 1 amide bonds. The first kappa shape index (κ1) is 22.4. The van der Waals surface area contributed by atoms with Gasteiger partial charge >= 0.3 is 0 Å². The Morgan fingerprint density at radius 1 is 1.10 bits per heavy atom. The maximum atomic E-state index is 13.3. The van der Waals surface area contributed by atoms with E-state index in [4.69, 9.17) is 9.47 Å². The first-order valence-corrected chi connectivity index (χ1v) is 9.35. The van der Waals surface area contributed by atoms with Crippen LogP contribution in [0.15, 0.2) is 60.3 Å². The number of nitrogens with zero attached hydrogens (tertiary/aromatic N) is 1. The molecule has 0 spiro atoms. The number of hydrogen-bond acceptors (Lipinski definition) is 5. The standard InChI is InChI=1S/C21H20F4N2O4/c1-2-30-15-7-9-16(10-8-15)31-12-13-3-5-14(6-4-13)19(28)27-21(29,20(24)25)11-17(26-27)18(22)23/h3-10,20,26,29H,2,11-12H2,1H3. The van der Waals surface area contributed by atoms with Gasteiger partial charge in [-0.05, 0) is 48.9 Å². The van der Waals surface area contributed by atoms with Crippen molar-refractivity contribution in [2.75, 3.05) is 6.61 Å². The molecule has 1 saturated heterocycles. The van der Waals surface area contributed by atoms with Crippen molar-refractivity contribution in [3.8, 4) is 11.5 Å². The van der Waals surface area contributed by atoms with E-state index in [0.717, 1.165) is 0 Å². The highest BCUT2D eigenvalue weighted by molar-refractivity contribution is 5.94. The Morgan fingerprint density at radius 3 is 2.19 bits per heavy atom. The van der Waals surface area contributed by atoms with Gasteiger partial charge in [-0.25, -0.2) is 13.8 Å². The average Bonchev–Trinajstić information content (AvgIpc) is 3.13. The minimum Gasteiger partial charge on any atom is -0.494 e. The van der Waals surface area contributed by atoms with Gasteiger partial charge in [-0.15, -0.1) is 0 Å². The fourth-order valence-electron chi connectivity index (χ4n) is 2.96. The number of amides is 1. The highest BCUT2D eigenvalue weighted by Gasteiger charge is 2.53. The predicted molar refractivity (Wildman–Crippen MR) is 103 cm³/mol. The molecule has 0 radical (unpaired) electrons. The highest BCUT2D eigenvalue weighted by atomic mass is 19.3. The van der Waals surface area contributed by atoms with Crippen LogP contribution in [0.2, 0.25) is 0 Å². The number of carbonyl (C=O) groups is 1. The van der Waals surface area contributed by atoms with Crippen molar-refractivity contribution in [2.24, 2.45) is 0 Å².